The van der Waals surface area contributed by atoms with Crippen molar-refractivity contribution in [3.63, 3.8) is 0 Å². The van der Waals surface area contributed by atoms with Crippen molar-refractivity contribution in [2.24, 2.45) is 5.41 Å². The summed E-state index contributed by atoms with van der Waals surface area (Å²) in [6.07, 6.45) is 4.04. The van der Waals surface area contributed by atoms with E-state index in [0.717, 1.165) is 11.6 Å². The molecule has 2 saturated heterocycles. The largest absolute Gasteiger partial charge is 0.316 e. The second kappa shape index (κ2) is 5.44. The smallest absolute Gasteiger partial charge is 0.0441 e. The van der Waals surface area contributed by atoms with Gasteiger partial charge < -0.3 is 5.32 Å². The third-order valence-electron chi connectivity index (χ3n) is 4.52. The van der Waals surface area contributed by atoms with Gasteiger partial charge in [0.1, 0.15) is 0 Å². The Morgan fingerprint density at radius 2 is 2.17 bits per heavy atom. The predicted octanol–water partition coefficient (Wildman–Crippen LogP) is 3.93. The second-order valence-electron chi connectivity index (χ2n) is 5.55. The average molecular weight is 282 g/mol. The highest BCUT2D eigenvalue weighted by Crippen LogP contribution is 2.50. The first-order valence-corrected chi connectivity index (χ1v) is 8.38. The molecule has 2 unspecified atom stereocenters. The Morgan fingerprint density at radius 1 is 1.28 bits per heavy atom. The van der Waals surface area contributed by atoms with Gasteiger partial charge in [-0.2, -0.15) is 11.8 Å². The van der Waals surface area contributed by atoms with Crippen LogP contribution in [0.2, 0.25) is 5.02 Å². The molecule has 2 aliphatic rings. The van der Waals surface area contributed by atoms with Crippen LogP contribution in [0, 0.1) is 5.41 Å². The van der Waals surface area contributed by atoms with E-state index in [0.29, 0.717) is 11.3 Å². The van der Waals surface area contributed by atoms with Crippen molar-refractivity contribution in [3.8, 4) is 0 Å². The van der Waals surface area contributed by atoms with E-state index >= 15 is 0 Å². The molecule has 2 fully saturated rings. The first-order valence-electron chi connectivity index (χ1n) is 6.85. The Kier molecular flexibility index (Phi) is 3.88. The van der Waals surface area contributed by atoms with E-state index in [9.17, 15) is 0 Å². The SMILES string of the molecule is Clc1ccccc1C1CNCCC12CCCSC2. The lowest BCUT2D eigenvalue weighted by Gasteiger charge is -2.47. The molecule has 18 heavy (non-hydrogen) atoms. The number of piperidine rings is 1. The summed E-state index contributed by atoms with van der Waals surface area (Å²) >= 11 is 8.56. The molecule has 0 aromatic heterocycles. The molecule has 0 radical (unpaired) electrons. The fraction of sp³-hybridized carbons (Fsp3) is 0.600. The lowest BCUT2D eigenvalue weighted by atomic mass is 9.66. The lowest BCUT2D eigenvalue weighted by molar-refractivity contribution is 0.173. The monoisotopic (exact) mass is 281 g/mol. The molecule has 1 N–H and O–H groups in total. The number of rotatable bonds is 1. The molecule has 2 heterocycles. The van der Waals surface area contributed by atoms with Crippen LogP contribution in [-0.2, 0) is 0 Å². The Hall–Kier alpha value is -0.180. The summed E-state index contributed by atoms with van der Waals surface area (Å²) in [6, 6.07) is 8.42. The standard InChI is InChI=1S/C15H20ClNS/c16-14-5-2-1-4-12(14)13-10-17-8-7-15(13)6-3-9-18-11-15/h1-2,4-5,13,17H,3,6-11H2. The molecular formula is C15H20ClNS. The summed E-state index contributed by atoms with van der Waals surface area (Å²) in [5, 5.41) is 4.51. The number of hydrogen-bond acceptors (Lipinski definition) is 2. The summed E-state index contributed by atoms with van der Waals surface area (Å²) in [6.45, 7) is 2.26. The van der Waals surface area contributed by atoms with Crippen LogP contribution >= 0.6 is 23.4 Å². The molecule has 0 aliphatic carbocycles. The molecule has 1 nitrogen and oxygen atoms in total. The van der Waals surface area contributed by atoms with Crippen molar-refractivity contribution in [2.75, 3.05) is 24.6 Å². The maximum atomic E-state index is 6.43. The van der Waals surface area contributed by atoms with Crippen molar-refractivity contribution < 1.29 is 0 Å². The Labute approximate surface area is 119 Å². The highest BCUT2D eigenvalue weighted by molar-refractivity contribution is 7.99. The van der Waals surface area contributed by atoms with Crippen LogP contribution in [0.25, 0.3) is 0 Å². The van der Waals surface area contributed by atoms with Gasteiger partial charge in [0.15, 0.2) is 0 Å². The van der Waals surface area contributed by atoms with E-state index in [1.165, 1.54) is 42.9 Å². The summed E-state index contributed by atoms with van der Waals surface area (Å²) in [7, 11) is 0. The van der Waals surface area contributed by atoms with Crippen molar-refractivity contribution in [3.05, 3.63) is 34.9 Å². The molecule has 2 atom stereocenters. The van der Waals surface area contributed by atoms with Crippen LogP contribution in [-0.4, -0.2) is 24.6 Å². The van der Waals surface area contributed by atoms with Crippen LogP contribution in [0.15, 0.2) is 24.3 Å². The summed E-state index contributed by atoms with van der Waals surface area (Å²) < 4.78 is 0. The van der Waals surface area contributed by atoms with Gasteiger partial charge in [-0.1, -0.05) is 29.8 Å². The zero-order chi connectivity index (χ0) is 12.4. The van der Waals surface area contributed by atoms with Crippen LogP contribution in [0.5, 0.6) is 0 Å². The minimum Gasteiger partial charge on any atom is -0.316 e. The molecule has 2 aliphatic heterocycles. The van der Waals surface area contributed by atoms with Gasteiger partial charge in [-0.3, -0.25) is 0 Å². The molecular weight excluding hydrogens is 262 g/mol. The maximum absolute atomic E-state index is 6.43. The van der Waals surface area contributed by atoms with E-state index in [1.807, 2.05) is 12.1 Å². The quantitative estimate of drug-likeness (QED) is 0.837. The molecule has 0 amide bonds. The van der Waals surface area contributed by atoms with Gasteiger partial charge >= 0.3 is 0 Å². The normalized spacial score (nSPS) is 32.6. The first-order chi connectivity index (χ1) is 8.82. The number of hydrogen-bond donors (Lipinski definition) is 1. The summed E-state index contributed by atoms with van der Waals surface area (Å²) in [5.41, 5.74) is 1.84. The van der Waals surface area contributed by atoms with E-state index in [1.54, 1.807) is 0 Å². The zero-order valence-corrected chi connectivity index (χ0v) is 12.2. The molecule has 0 saturated carbocycles. The number of thioether (sulfide) groups is 1. The minimum atomic E-state index is 0.485. The highest BCUT2D eigenvalue weighted by atomic mass is 35.5. The molecule has 1 aromatic carbocycles. The maximum Gasteiger partial charge on any atom is 0.0441 e. The van der Waals surface area contributed by atoms with Gasteiger partial charge in [-0.25, -0.2) is 0 Å². The number of nitrogens with one attached hydrogen (secondary N) is 1. The minimum absolute atomic E-state index is 0.485. The Bertz CT molecular complexity index is 406. The van der Waals surface area contributed by atoms with Crippen LogP contribution in [0.3, 0.4) is 0 Å². The van der Waals surface area contributed by atoms with E-state index < -0.39 is 0 Å². The second-order valence-corrected chi connectivity index (χ2v) is 7.06. The van der Waals surface area contributed by atoms with E-state index in [4.69, 9.17) is 11.6 Å². The van der Waals surface area contributed by atoms with Crippen LogP contribution in [0.1, 0.15) is 30.7 Å². The third-order valence-corrected chi connectivity index (χ3v) is 6.22. The van der Waals surface area contributed by atoms with Crippen molar-refractivity contribution in [2.45, 2.75) is 25.2 Å². The molecule has 98 valence electrons. The van der Waals surface area contributed by atoms with Gasteiger partial charge in [-0.05, 0) is 54.4 Å². The van der Waals surface area contributed by atoms with Gasteiger partial charge in [0.25, 0.3) is 0 Å². The van der Waals surface area contributed by atoms with Gasteiger partial charge in [0.2, 0.25) is 0 Å². The summed E-state index contributed by atoms with van der Waals surface area (Å²) in [4.78, 5) is 0. The molecule has 3 rings (SSSR count). The van der Waals surface area contributed by atoms with E-state index in [-0.39, 0.29) is 0 Å². The fourth-order valence-corrected chi connectivity index (χ4v) is 5.17. The fourth-order valence-electron chi connectivity index (χ4n) is 3.52. The molecule has 1 spiro atoms. The van der Waals surface area contributed by atoms with Gasteiger partial charge in [-0.15, -0.1) is 0 Å². The number of benzene rings is 1. The lowest BCUT2D eigenvalue weighted by Crippen LogP contribution is -2.46. The van der Waals surface area contributed by atoms with Crippen molar-refractivity contribution >= 4 is 23.4 Å². The molecule has 3 heteroatoms. The van der Waals surface area contributed by atoms with Crippen LogP contribution < -0.4 is 5.32 Å². The summed E-state index contributed by atoms with van der Waals surface area (Å²) in [5.74, 6) is 3.24. The first kappa shape index (κ1) is 12.8. The Balaban J connectivity index is 1.94. The highest BCUT2D eigenvalue weighted by Gasteiger charge is 2.42. The average Bonchev–Trinajstić information content (AvgIpc) is 2.41. The van der Waals surface area contributed by atoms with Gasteiger partial charge in [0.05, 0.1) is 0 Å². The predicted molar refractivity (Wildman–Crippen MR) is 80.7 cm³/mol. The van der Waals surface area contributed by atoms with Crippen molar-refractivity contribution in [1.29, 1.82) is 0 Å². The van der Waals surface area contributed by atoms with Gasteiger partial charge in [0, 0.05) is 17.5 Å². The third kappa shape index (κ3) is 2.31. The number of halogens is 1. The van der Waals surface area contributed by atoms with E-state index in [2.05, 4.69) is 29.2 Å². The van der Waals surface area contributed by atoms with Crippen molar-refractivity contribution in [1.82, 2.24) is 5.32 Å². The topological polar surface area (TPSA) is 12.0 Å². The molecule has 0 bridgehead atoms. The molecule has 1 aromatic rings. The Morgan fingerprint density at radius 3 is 2.94 bits per heavy atom. The van der Waals surface area contributed by atoms with Crippen LogP contribution in [0.4, 0.5) is 0 Å². The zero-order valence-electron chi connectivity index (χ0n) is 10.6.